The van der Waals surface area contributed by atoms with Crippen molar-refractivity contribution in [2.75, 3.05) is 12.3 Å². The van der Waals surface area contributed by atoms with Crippen LogP contribution < -0.4 is 5.32 Å². The van der Waals surface area contributed by atoms with Gasteiger partial charge in [0, 0.05) is 18.4 Å². The molecule has 1 aromatic carbocycles. The van der Waals surface area contributed by atoms with Crippen LogP contribution >= 0.6 is 24.0 Å². The van der Waals surface area contributed by atoms with Gasteiger partial charge in [-0.2, -0.15) is 0 Å². The second-order valence-electron chi connectivity index (χ2n) is 5.97. The van der Waals surface area contributed by atoms with E-state index in [1.807, 2.05) is 0 Å². The first kappa shape index (κ1) is 19.7. The van der Waals surface area contributed by atoms with E-state index in [4.69, 9.17) is 12.2 Å². The van der Waals surface area contributed by atoms with E-state index in [1.165, 1.54) is 23.1 Å². The highest BCUT2D eigenvalue weighted by Crippen LogP contribution is 2.32. The number of nitrogens with zero attached hydrogens (tertiary/aromatic N) is 1. The molecule has 6 nitrogen and oxygen atoms in total. The van der Waals surface area contributed by atoms with Crippen LogP contribution in [0.25, 0.3) is 6.08 Å². The molecule has 142 valence electrons. The third kappa shape index (κ3) is 5.02. The van der Waals surface area contributed by atoms with Crippen molar-refractivity contribution in [2.24, 2.45) is 0 Å². The van der Waals surface area contributed by atoms with Gasteiger partial charge in [0.15, 0.2) is 9.84 Å². The molecule has 1 N–H and O–H groups in total. The number of nitrogens with one attached hydrogen (secondary N) is 1. The van der Waals surface area contributed by atoms with Crippen molar-refractivity contribution in [3.05, 3.63) is 52.0 Å². The Kier molecular flexibility index (Phi) is 5.78. The number of halogens is 1. The first-order valence-electron chi connectivity index (χ1n) is 7.95. The fourth-order valence-electron chi connectivity index (χ4n) is 2.56. The summed E-state index contributed by atoms with van der Waals surface area (Å²) in [5, 5.41) is 3.68. The topological polar surface area (TPSA) is 83.6 Å². The van der Waals surface area contributed by atoms with Crippen LogP contribution in [0.1, 0.15) is 12.0 Å². The molecule has 3 rings (SSSR count). The molecule has 0 unspecified atom stereocenters. The maximum absolute atomic E-state index is 13.0. The van der Waals surface area contributed by atoms with Gasteiger partial charge in [0.25, 0.3) is 5.91 Å². The van der Waals surface area contributed by atoms with Crippen molar-refractivity contribution in [1.82, 2.24) is 10.2 Å². The molecule has 10 heteroatoms. The minimum Gasteiger partial charge on any atom is -0.349 e. The van der Waals surface area contributed by atoms with Crippen LogP contribution in [-0.2, 0) is 19.4 Å². The zero-order chi connectivity index (χ0) is 19.6. The number of benzene rings is 1. The van der Waals surface area contributed by atoms with Gasteiger partial charge in [-0.1, -0.05) is 36.1 Å². The third-order valence-corrected chi connectivity index (χ3v) is 6.65. The van der Waals surface area contributed by atoms with Crippen LogP contribution in [-0.4, -0.2) is 47.8 Å². The quantitative estimate of drug-likeness (QED) is 0.572. The maximum atomic E-state index is 13.0. The highest BCUT2D eigenvalue weighted by molar-refractivity contribution is 8.26. The molecule has 1 aromatic rings. The molecule has 1 fully saturated rings. The lowest BCUT2D eigenvalue weighted by atomic mass is 10.2. The number of sulfone groups is 1. The molecule has 27 heavy (non-hydrogen) atoms. The lowest BCUT2D eigenvalue weighted by molar-refractivity contribution is -0.124. The third-order valence-electron chi connectivity index (χ3n) is 3.88. The second-order valence-corrected chi connectivity index (χ2v) is 9.57. The van der Waals surface area contributed by atoms with Crippen LogP contribution in [0.2, 0.25) is 0 Å². The van der Waals surface area contributed by atoms with E-state index in [9.17, 15) is 22.4 Å². The first-order valence-corrected chi connectivity index (χ1v) is 10.9. The Hall–Kier alpha value is -2.04. The fourth-order valence-corrected chi connectivity index (χ4v) is 5.10. The summed E-state index contributed by atoms with van der Waals surface area (Å²) in [6, 6.07) is 5.16. The number of hydrogen-bond acceptors (Lipinski definition) is 6. The van der Waals surface area contributed by atoms with Gasteiger partial charge in [0.2, 0.25) is 5.91 Å². The lowest BCUT2D eigenvalue weighted by Crippen LogP contribution is -2.38. The summed E-state index contributed by atoms with van der Waals surface area (Å²) in [7, 11) is -3.24. The zero-order valence-electron chi connectivity index (χ0n) is 13.9. The molecule has 2 aliphatic heterocycles. The van der Waals surface area contributed by atoms with E-state index in [0.29, 0.717) is 14.8 Å². The van der Waals surface area contributed by atoms with Gasteiger partial charge in [-0.3, -0.25) is 14.5 Å². The van der Waals surface area contributed by atoms with Crippen molar-refractivity contribution in [3.63, 3.8) is 0 Å². The predicted molar refractivity (Wildman–Crippen MR) is 106 cm³/mol. The first-order chi connectivity index (χ1) is 12.7. The molecule has 0 aliphatic carbocycles. The largest absolute Gasteiger partial charge is 0.349 e. The number of thiocarbonyl (C=S) groups is 1. The van der Waals surface area contributed by atoms with E-state index in [-0.39, 0.29) is 36.4 Å². The van der Waals surface area contributed by atoms with Gasteiger partial charge in [-0.05, 0) is 29.8 Å². The molecular weight excluding hydrogens is 411 g/mol. The van der Waals surface area contributed by atoms with E-state index >= 15 is 0 Å². The van der Waals surface area contributed by atoms with Crippen molar-refractivity contribution in [3.8, 4) is 0 Å². The molecule has 2 aliphatic rings. The van der Waals surface area contributed by atoms with Crippen molar-refractivity contribution in [2.45, 2.75) is 12.5 Å². The normalized spacial score (nSPS) is 22.6. The number of amides is 2. The second kappa shape index (κ2) is 7.91. The molecule has 1 saturated heterocycles. The maximum Gasteiger partial charge on any atom is 0.266 e. The molecular formula is C17H15FN2O4S3. The van der Waals surface area contributed by atoms with Gasteiger partial charge >= 0.3 is 0 Å². The average Bonchev–Trinajstić information content (AvgIpc) is 3.07. The van der Waals surface area contributed by atoms with Gasteiger partial charge in [-0.15, -0.1) is 0 Å². The standard InChI is InChI=1S/C17H15FN2O4S3/c18-12-3-1-11(2-4-12)9-14-16(22)20(17(25)26-14)7-5-15(21)19-13-6-8-27(23,24)10-13/h1-4,6,8-9,13H,5,7,10H2,(H,19,21)/b14-9+/t13-/m0/s1. The summed E-state index contributed by atoms with van der Waals surface area (Å²) in [6.07, 6.45) is 3.05. The van der Waals surface area contributed by atoms with Crippen molar-refractivity contribution >= 4 is 56.0 Å². The summed E-state index contributed by atoms with van der Waals surface area (Å²) in [6.45, 7) is 0.0977. The smallest absolute Gasteiger partial charge is 0.266 e. The Bertz CT molecular complexity index is 955. The van der Waals surface area contributed by atoms with E-state index in [1.54, 1.807) is 18.2 Å². The van der Waals surface area contributed by atoms with Crippen molar-refractivity contribution < 1.29 is 22.4 Å². The van der Waals surface area contributed by atoms with E-state index in [0.717, 1.165) is 17.2 Å². The molecule has 2 amide bonds. The van der Waals surface area contributed by atoms with Gasteiger partial charge in [0.05, 0.1) is 16.7 Å². The SMILES string of the molecule is O=C(CCN1C(=O)/C(=C\c2ccc(F)cc2)SC1=S)N[C@H]1C=CS(=O)(=O)C1. The Morgan fingerprint density at radius 1 is 1.37 bits per heavy atom. The van der Waals surface area contributed by atoms with Gasteiger partial charge in [-0.25, -0.2) is 12.8 Å². The number of thioether (sulfide) groups is 1. The monoisotopic (exact) mass is 426 g/mol. The van der Waals surface area contributed by atoms with Crippen LogP contribution in [0.15, 0.2) is 40.7 Å². The predicted octanol–water partition coefficient (Wildman–Crippen LogP) is 1.84. The number of carbonyl (C=O) groups is 2. The van der Waals surface area contributed by atoms with Crippen LogP contribution in [0.5, 0.6) is 0 Å². The number of carbonyl (C=O) groups excluding carboxylic acids is 2. The van der Waals surface area contributed by atoms with Gasteiger partial charge in [0.1, 0.15) is 10.1 Å². The molecule has 2 heterocycles. The molecule has 0 spiro atoms. The molecule has 0 saturated carbocycles. The zero-order valence-corrected chi connectivity index (χ0v) is 16.4. The summed E-state index contributed by atoms with van der Waals surface area (Å²) in [5.41, 5.74) is 0.670. The molecule has 0 radical (unpaired) electrons. The molecule has 0 bridgehead atoms. The number of hydrogen-bond donors (Lipinski definition) is 1. The Morgan fingerprint density at radius 2 is 2.07 bits per heavy atom. The van der Waals surface area contributed by atoms with Crippen LogP contribution in [0.4, 0.5) is 4.39 Å². The Labute approximate surface area is 165 Å². The number of rotatable bonds is 5. The lowest BCUT2D eigenvalue weighted by Gasteiger charge is -2.15. The van der Waals surface area contributed by atoms with Crippen LogP contribution in [0.3, 0.4) is 0 Å². The minimum absolute atomic E-state index is 0.000651. The molecule has 1 atom stereocenters. The van der Waals surface area contributed by atoms with Gasteiger partial charge < -0.3 is 5.32 Å². The summed E-state index contributed by atoms with van der Waals surface area (Å²) in [5.74, 6) is -1.19. The fraction of sp³-hybridized carbons (Fsp3) is 0.235. The minimum atomic E-state index is -3.24. The Balaban J connectivity index is 1.57. The highest BCUT2D eigenvalue weighted by atomic mass is 32.2. The van der Waals surface area contributed by atoms with E-state index in [2.05, 4.69) is 5.32 Å². The highest BCUT2D eigenvalue weighted by Gasteiger charge is 2.32. The van der Waals surface area contributed by atoms with Crippen LogP contribution in [0, 0.1) is 5.82 Å². The Morgan fingerprint density at radius 3 is 2.70 bits per heavy atom. The average molecular weight is 427 g/mol. The molecule has 0 aromatic heterocycles. The summed E-state index contributed by atoms with van der Waals surface area (Å²) < 4.78 is 36.0. The summed E-state index contributed by atoms with van der Waals surface area (Å²) in [4.78, 5) is 26.2. The van der Waals surface area contributed by atoms with Crippen molar-refractivity contribution in [1.29, 1.82) is 0 Å². The van der Waals surface area contributed by atoms with E-state index < -0.39 is 15.9 Å². The summed E-state index contributed by atoms with van der Waals surface area (Å²) >= 11 is 6.32.